The van der Waals surface area contributed by atoms with Crippen LogP contribution in [0, 0.1) is 12.7 Å². The van der Waals surface area contributed by atoms with Crippen LogP contribution in [-0.4, -0.2) is 61.1 Å². The molecule has 12 heteroatoms. The molecule has 0 radical (unpaired) electrons. The number of nitrogens with zero attached hydrogens (tertiary/aromatic N) is 5. The summed E-state index contributed by atoms with van der Waals surface area (Å²) in [5.41, 5.74) is -1.21. The number of likely N-dealkylation sites (tertiary alicyclic amines) is 1. The van der Waals surface area contributed by atoms with Crippen LogP contribution in [0.2, 0.25) is 0 Å². The zero-order chi connectivity index (χ0) is 31.5. The molecule has 1 fully saturated rings. The normalized spacial score (nSPS) is 13.7. The molecule has 0 bridgehead atoms. The van der Waals surface area contributed by atoms with Crippen LogP contribution in [0.3, 0.4) is 0 Å². The SMILES string of the molecule is CC(C)O.COc1ccc(F)cc1CCn1c(=O)n(C(C)(C)C(=O)N2CCCCC2)c(=O)c2c(C)c(-n3cccn3)sc21. The van der Waals surface area contributed by atoms with Gasteiger partial charge in [-0.2, -0.15) is 5.10 Å². The number of carbonyl (C=O) groups excluding carboxylic acids is 1. The van der Waals surface area contributed by atoms with Gasteiger partial charge in [0.2, 0.25) is 5.91 Å². The van der Waals surface area contributed by atoms with Crippen molar-refractivity contribution in [1.29, 1.82) is 0 Å². The number of hydrogen-bond donors (Lipinski definition) is 1. The van der Waals surface area contributed by atoms with Crippen LogP contribution in [-0.2, 0) is 23.3 Å². The Hall–Kier alpha value is -3.77. The second-order valence-corrected chi connectivity index (χ2v) is 12.4. The van der Waals surface area contributed by atoms with Gasteiger partial charge in [0.1, 0.15) is 26.9 Å². The highest BCUT2D eigenvalue weighted by Gasteiger charge is 2.38. The molecule has 0 unspecified atom stereocenters. The number of hydrogen-bond acceptors (Lipinski definition) is 7. The fourth-order valence-electron chi connectivity index (χ4n) is 5.39. The van der Waals surface area contributed by atoms with Gasteiger partial charge < -0.3 is 14.7 Å². The van der Waals surface area contributed by atoms with Gasteiger partial charge in [0.25, 0.3) is 5.56 Å². The van der Waals surface area contributed by atoms with Crippen molar-refractivity contribution in [2.75, 3.05) is 20.2 Å². The highest BCUT2D eigenvalue weighted by Crippen LogP contribution is 2.32. The quantitative estimate of drug-likeness (QED) is 0.334. The minimum atomic E-state index is -1.40. The molecule has 0 spiro atoms. The van der Waals surface area contributed by atoms with Crippen molar-refractivity contribution in [3.05, 3.63) is 74.4 Å². The molecule has 1 aliphatic heterocycles. The fraction of sp³-hybridized carbons (Fsp3) is 0.484. The third-order valence-corrected chi connectivity index (χ3v) is 8.78. The van der Waals surface area contributed by atoms with E-state index in [-0.39, 0.29) is 25.0 Å². The first-order valence-electron chi connectivity index (χ1n) is 14.5. The Balaban J connectivity index is 0.000000996. The maximum Gasteiger partial charge on any atom is 0.333 e. The number of aliphatic hydroxyl groups is 1. The van der Waals surface area contributed by atoms with E-state index in [2.05, 4.69) is 5.10 Å². The van der Waals surface area contributed by atoms with Crippen LogP contribution < -0.4 is 16.0 Å². The van der Waals surface area contributed by atoms with Crippen LogP contribution in [0.1, 0.15) is 58.1 Å². The van der Waals surface area contributed by atoms with Gasteiger partial charge in [-0.3, -0.25) is 14.2 Å². The van der Waals surface area contributed by atoms with Crippen LogP contribution in [0.15, 0.2) is 46.2 Å². The molecule has 4 heterocycles. The van der Waals surface area contributed by atoms with Gasteiger partial charge in [-0.25, -0.2) is 18.4 Å². The van der Waals surface area contributed by atoms with E-state index in [1.165, 1.54) is 35.1 Å². The molecule has 0 aliphatic carbocycles. The Morgan fingerprint density at radius 3 is 2.47 bits per heavy atom. The highest BCUT2D eigenvalue weighted by atomic mass is 32.1. The number of fused-ring (bicyclic) bond motifs is 1. The van der Waals surface area contributed by atoms with Crippen LogP contribution >= 0.6 is 11.3 Å². The van der Waals surface area contributed by atoms with Crippen LogP contribution in [0.5, 0.6) is 5.75 Å². The van der Waals surface area contributed by atoms with E-state index < -0.39 is 22.6 Å². The van der Waals surface area contributed by atoms with Crippen LogP contribution in [0.25, 0.3) is 15.2 Å². The number of aromatic nitrogens is 4. The number of ether oxygens (including phenoxy) is 1. The Morgan fingerprint density at radius 1 is 1.19 bits per heavy atom. The highest BCUT2D eigenvalue weighted by molar-refractivity contribution is 7.21. The molecule has 3 aromatic heterocycles. The molecule has 4 aromatic rings. The van der Waals surface area contributed by atoms with E-state index in [1.54, 1.807) is 61.8 Å². The van der Waals surface area contributed by atoms with Crippen molar-refractivity contribution in [2.24, 2.45) is 0 Å². The third-order valence-electron chi connectivity index (χ3n) is 7.47. The molecule has 1 saturated heterocycles. The zero-order valence-corrected chi connectivity index (χ0v) is 26.4. The zero-order valence-electron chi connectivity index (χ0n) is 25.6. The van der Waals surface area contributed by atoms with E-state index in [1.807, 2.05) is 6.92 Å². The van der Waals surface area contributed by atoms with E-state index in [9.17, 15) is 18.8 Å². The first-order chi connectivity index (χ1) is 20.4. The summed E-state index contributed by atoms with van der Waals surface area (Å²) in [6.07, 6.45) is 6.38. The third kappa shape index (κ3) is 6.59. The fourth-order valence-corrected chi connectivity index (χ4v) is 6.65. The Kier molecular flexibility index (Phi) is 9.91. The number of amides is 1. The van der Waals surface area contributed by atoms with E-state index in [4.69, 9.17) is 9.84 Å². The Labute approximate surface area is 253 Å². The molecule has 1 aliphatic rings. The predicted molar refractivity (Wildman–Crippen MR) is 166 cm³/mol. The van der Waals surface area contributed by atoms with Crippen molar-refractivity contribution in [3.8, 4) is 10.8 Å². The first kappa shape index (κ1) is 32.2. The number of aliphatic hydroxyl groups excluding tert-OH is 1. The summed E-state index contributed by atoms with van der Waals surface area (Å²) in [7, 11) is 1.51. The van der Waals surface area contributed by atoms with Gasteiger partial charge in [0.05, 0.1) is 12.5 Å². The minimum absolute atomic E-state index is 0.155. The summed E-state index contributed by atoms with van der Waals surface area (Å²) < 4.78 is 23.8. The molecule has 1 N–H and O–H groups in total. The minimum Gasteiger partial charge on any atom is -0.496 e. The molecular weight excluding hydrogens is 573 g/mol. The first-order valence-corrected chi connectivity index (χ1v) is 15.3. The lowest BCUT2D eigenvalue weighted by atomic mass is 10.00. The Morgan fingerprint density at radius 2 is 1.86 bits per heavy atom. The van der Waals surface area contributed by atoms with Gasteiger partial charge >= 0.3 is 5.69 Å². The van der Waals surface area contributed by atoms with Gasteiger partial charge in [-0.1, -0.05) is 11.3 Å². The molecule has 232 valence electrons. The van der Waals surface area contributed by atoms with Crippen molar-refractivity contribution >= 4 is 27.5 Å². The summed E-state index contributed by atoms with van der Waals surface area (Å²) in [5, 5.41) is 13.5. The summed E-state index contributed by atoms with van der Waals surface area (Å²) >= 11 is 1.29. The number of benzene rings is 1. The standard InChI is InChI=1S/C28H32FN5O4S.C3H8O/c1-18-22-23(35)34(28(2,3)26(36)31-13-6-5-7-14-31)27(37)32(25(22)39-24(18)33-15-8-12-30-33)16-11-19-17-20(29)9-10-21(19)38-4;1-3(2)4/h8-10,12,15,17H,5-7,11,13-14,16H2,1-4H3;3-4H,1-2H3. The lowest BCUT2D eigenvalue weighted by Crippen LogP contribution is -2.57. The number of rotatable bonds is 7. The summed E-state index contributed by atoms with van der Waals surface area (Å²) in [5.74, 6) is -0.150. The smallest absolute Gasteiger partial charge is 0.333 e. The van der Waals surface area contributed by atoms with Crippen molar-refractivity contribution in [2.45, 2.75) is 78.5 Å². The van der Waals surface area contributed by atoms with E-state index in [0.717, 1.165) is 23.8 Å². The average molecular weight is 614 g/mol. The number of halogens is 1. The van der Waals surface area contributed by atoms with Gasteiger partial charge in [0.15, 0.2) is 0 Å². The van der Waals surface area contributed by atoms with Crippen molar-refractivity contribution in [1.82, 2.24) is 23.8 Å². The molecule has 5 rings (SSSR count). The molecular formula is C31H40FN5O5S. The number of methoxy groups -OCH3 is 1. The van der Waals surface area contributed by atoms with Crippen LogP contribution in [0.4, 0.5) is 4.39 Å². The molecule has 1 amide bonds. The molecule has 0 atom stereocenters. The second-order valence-electron chi connectivity index (χ2n) is 11.4. The lowest BCUT2D eigenvalue weighted by molar-refractivity contribution is -0.140. The molecule has 1 aromatic carbocycles. The van der Waals surface area contributed by atoms with Gasteiger partial charge in [-0.05, 0) is 90.1 Å². The van der Waals surface area contributed by atoms with Gasteiger partial charge in [0, 0.05) is 43.7 Å². The monoisotopic (exact) mass is 613 g/mol. The number of aryl methyl sites for hydroxylation is 3. The summed E-state index contributed by atoms with van der Waals surface area (Å²) in [6.45, 7) is 9.90. The molecule has 0 saturated carbocycles. The lowest BCUT2D eigenvalue weighted by Gasteiger charge is -2.35. The maximum absolute atomic E-state index is 14.1. The summed E-state index contributed by atoms with van der Waals surface area (Å²) in [6, 6.07) is 6.04. The average Bonchev–Trinajstić information content (AvgIpc) is 3.61. The van der Waals surface area contributed by atoms with E-state index >= 15 is 0 Å². The molecule has 43 heavy (non-hydrogen) atoms. The summed E-state index contributed by atoms with van der Waals surface area (Å²) in [4.78, 5) is 44.1. The Bertz CT molecular complexity index is 1700. The second kappa shape index (κ2) is 13.3. The topological polar surface area (TPSA) is 112 Å². The number of carbonyl (C=O) groups is 1. The van der Waals surface area contributed by atoms with Crippen molar-refractivity contribution in [3.63, 3.8) is 0 Å². The van der Waals surface area contributed by atoms with E-state index in [0.29, 0.717) is 45.2 Å². The van der Waals surface area contributed by atoms with Crippen molar-refractivity contribution < 1.29 is 19.0 Å². The number of thiophene rings is 1. The van der Waals surface area contributed by atoms with Gasteiger partial charge in [-0.15, -0.1) is 0 Å². The molecule has 10 nitrogen and oxygen atoms in total. The predicted octanol–water partition coefficient (Wildman–Crippen LogP) is 4.24. The number of piperidine rings is 1. The maximum atomic E-state index is 14.1. The largest absolute Gasteiger partial charge is 0.496 e.